The van der Waals surface area contributed by atoms with E-state index in [9.17, 15) is 4.79 Å². The first-order valence-electron chi connectivity index (χ1n) is 8.68. The SMILES string of the molecule is Nc1ccc(CC(=O)Nc2ccccc2OCC2CCCCO2)cc1. The molecule has 1 amide bonds. The zero-order valence-electron chi connectivity index (χ0n) is 14.2. The highest BCUT2D eigenvalue weighted by Crippen LogP contribution is 2.25. The molecule has 25 heavy (non-hydrogen) atoms. The van der Waals surface area contributed by atoms with Gasteiger partial charge in [-0.2, -0.15) is 0 Å². The number of hydrogen-bond donors (Lipinski definition) is 2. The molecule has 1 fully saturated rings. The summed E-state index contributed by atoms with van der Waals surface area (Å²) in [5, 5.41) is 2.93. The summed E-state index contributed by atoms with van der Waals surface area (Å²) >= 11 is 0. The molecule has 2 aromatic carbocycles. The van der Waals surface area contributed by atoms with Crippen LogP contribution in [0.5, 0.6) is 5.75 Å². The molecule has 1 aliphatic heterocycles. The second-order valence-corrected chi connectivity index (χ2v) is 6.26. The van der Waals surface area contributed by atoms with Crippen LogP contribution in [0.3, 0.4) is 0 Å². The molecule has 0 aromatic heterocycles. The Morgan fingerprint density at radius 1 is 1.16 bits per heavy atom. The van der Waals surface area contributed by atoms with Crippen LogP contribution in [0.15, 0.2) is 48.5 Å². The molecule has 1 aliphatic rings. The fraction of sp³-hybridized carbons (Fsp3) is 0.350. The number of ether oxygens (including phenoxy) is 2. The number of rotatable bonds is 6. The molecule has 3 rings (SSSR count). The average Bonchev–Trinajstić information content (AvgIpc) is 2.64. The number of benzene rings is 2. The van der Waals surface area contributed by atoms with E-state index in [0.717, 1.165) is 25.0 Å². The zero-order chi connectivity index (χ0) is 17.5. The van der Waals surface area contributed by atoms with Crippen molar-refractivity contribution >= 4 is 17.3 Å². The molecule has 0 aliphatic carbocycles. The first kappa shape index (κ1) is 17.3. The first-order valence-corrected chi connectivity index (χ1v) is 8.68. The molecule has 132 valence electrons. The van der Waals surface area contributed by atoms with Gasteiger partial charge >= 0.3 is 0 Å². The summed E-state index contributed by atoms with van der Waals surface area (Å²) in [6.07, 6.45) is 3.74. The maximum Gasteiger partial charge on any atom is 0.228 e. The van der Waals surface area contributed by atoms with Crippen molar-refractivity contribution in [3.63, 3.8) is 0 Å². The van der Waals surface area contributed by atoms with Crippen molar-refractivity contribution in [1.29, 1.82) is 0 Å². The minimum atomic E-state index is -0.0882. The molecule has 1 saturated heterocycles. The molecular weight excluding hydrogens is 316 g/mol. The molecule has 1 unspecified atom stereocenters. The molecule has 1 atom stereocenters. The normalized spacial score (nSPS) is 17.0. The van der Waals surface area contributed by atoms with Gasteiger partial charge in [-0.15, -0.1) is 0 Å². The highest BCUT2D eigenvalue weighted by molar-refractivity contribution is 5.93. The summed E-state index contributed by atoms with van der Waals surface area (Å²) in [5.74, 6) is 0.581. The number of carbonyl (C=O) groups is 1. The predicted octanol–water partition coefficient (Wildman–Crippen LogP) is 3.40. The van der Waals surface area contributed by atoms with E-state index in [1.165, 1.54) is 6.42 Å². The van der Waals surface area contributed by atoms with Crippen LogP contribution >= 0.6 is 0 Å². The van der Waals surface area contributed by atoms with Crippen LogP contribution in [-0.4, -0.2) is 25.2 Å². The average molecular weight is 340 g/mol. The highest BCUT2D eigenvalue weighted by Gasteiger charge is 2.15. The number of nitrogens with one attached hydrogen (secondary N) is 1. The van der Waals surface area contributed by atoms with E-state index in [-0.39, 0.29) is 12.0 Å². The molecule has 5 heteroatoms. The summed E-state index contributed by atoms with van der Waals surface area (Å²) in [7, 11) is 0. The summed E-state index contributed by atoms with van der Waals surface area (Å²) in [4.78, 5) is 12.3. The Hall–Kier alpha value is -2.53. The summed E-state index contributed by atoms with van der Waals surface area (Å²) in [6.45, 7) is 1.30. The van der Waals surface area contributed by atoms with Gasteiger partial charge in [0.1, 0.15) is 12.4 Å². The first-order chi connectivity index (χ1) is 12.2. The minimum absolute atomic E-state index is 0.0882. The van der Waals surface area contributed by atoms with E-state index in [2.05, 4.69) is 5.32 Å². The van der Waals surface area contributed by atoms with Crippen LogP contribution in [-0.2, 0) is 16.0 Å². The van der Waals surface area contributed by atoms with Crippen molar-refractivity contribution in [3.05, 3.63) is 54.1 Å². The zero-order valence-corrected chi connectivity index (χ0v) is 14.2. The monoisotopic (exact) mass is 340 g/mol. The summed E-state index contributed by atoms with van der Waals surface area (Å²) in [6, 6.07) is 14.8. The maximum atomic E-state index is 12.3. The van der Waals surface area contributed by atoms with E-state index in [1.807, 2.05) is 36.4 Å². The third-order valence-electron chi connectivity index (χ3n) is 4.20. The van der Waals surface area contributed by atoms with Gasteiger partial charge in [0, 0.05) is 12.3 Å². The molecule has 0 spiro atoms. The van der Waals surface area contributed by atoms with Crippen molar-refractivity contribution in [3.8, 4) is 5.75 Å². The largest absolute Gasteiger partial charge is 0.489 e. The third kappa shape index (κ3) is 5.22. The van der Waals surface area contributed by atoms with Crippen molar-refractivity contribution in [1.82, 2.24) is 0 Å². The Kier molecular flexibility index (Phi) is 5.90. The van der Waals surface area contributed by atoms with E-state index in [1.54, 1.807) is 12.1 Å². The van der Waals surface area contributed by atoms with Gasteiger partial charge in [-0.05, 0) is 49.1 Å². The van der Waals surface area contributed by atoms with Crippen molar-refractivity contribution in [2.24, 2.45) is 0 Å². The molecule has 0 bridgehead atoms. The Balaban J connectivity index is 1.57. The maximum absolute atomic E-state index is 12.3. The van der Waals surface area contributed by atoms with Crippen molar-refractivity contribution < 1.29 is 14.3 Å². The van der Waals surface area contributed by atoms with Crippen LogP contribution in [0.25, 0.3) is 0 Å². The van der Waals surface area contributed by atoms with Gasteiger partial charge in [0.05, 0.1) is 18.2 Å². The molecular formula is C20H24N2O3. The Morgan fingerprint density at radius 3 is 2.72 bits per heavy atom. The summed E-state index contributed by atoms with van der Waals surface area (Å²) < 4.78 is 11.6. The van der Waals surface area contributed by atoms with Crippen LogP contribution in [0.4, 0.5) is 11.4 Å². The van der Waals surface area contributed by atoms with Gasteiger partial charge in [0.2, 0.25) is 5.91 Å². The lowest BCUT2D eigenvalue weighted by Crippen LogP contribution is -2.26. The van der Waals surface area contributed by atoms with Gasteiger partial charge in [-0.3, -0.25) is 4.79 Å². The highest BCUT2D eigenvalue weighted by atomic mass is 16.5. The van der Waals surface area contributed by atoms with Crippen molar-refractivity contribution in [2.75, 3.05) is 24.3 Å². The lowest BCUT2D eigenvalue weighted by molar-refractivity contribution is -0.115. The lowest BCUT2D eigenvalue weighted by atomic mass is 10.1. The second kappa shape index (κ2) is 8.53. The predicted molar refractivity (Wildman–Crippen MR) is 98.7 cm³/mol. The smallest absolute Gasteiger partial charge is 0.228 e. The number of nitrogen functional groups attached to an aromatic ring is 1. The number of carbonyl (C=O) groups excluding carboxylic acids is 1. The van der Waals surface area contributed by atoms with E-state index < -0.39 is 0 Å². The quantitative estimate of drug-likeness (QED) is 0.791. The standard InChI is InChI=1S/C20H24N2O3/c21-16-10-8-15(9-11-16)13-20(23)22-18-6-1-2-7-19(18)25-14-17-5-3-4-12-24-17/h1-2,6-11,17H,3-5,12-14,21H2,(H,22,23). The fourth-order valence-electron chi connectivity index (χ4n) is 2.83. The number of amides is 1. The molecule has 5 nitrogen and oxygen atoms in total. The molecule has 0 radical (unpaired) electrons. The van der Waals surface area contributed by atoms with Crippen LogP contribution in [0.2, 0.25) is 0 Å². The Labute approximate surface area is 148 Å². The van der Waals surface area contributed by atoms with Gasteiger partial charge in [0.15, 0.2) is 0 Å². The number of anilines is 2. The Bertz CT molecular complexity index is 694. The molecule has 2 aromatic rings. The van der Waals surface area contributed by atoms with Crippen LogP contribution in [0.1, 0.15) is 24.8 Å². The molecule has 1 heterocycles. The summed E-state index contributed by atoms with van der Waals surface area (Å²) in [5.41, 5.74) is 7.95. The second-order valence-electron chi connectivity index (χ2n) is 6.26. The van der Waals surface area contributed by atoms with E-state index in [0.29, 0.717) is 30.2 Å². The van der Waals surface area contributed by atoms with Crippen molar-refractivity contribution in [2.45, 2.75) is 31.8 Å². The third-order valence-corrected chi connectivity index (χ3v) is 4.20. The topological polar surface area (TPSA) is 73.6 Å². The molecule has 0 saturated carbocycles. The van der Waals surface area contributed by atoms with Crippen LogP contribution in [0, 0.1) is 0 Å². The van der Waals surface area contributed by atoms with Gasteiger partial charge in [0.25, 0.3) is 0 Å². The Morgan fingerprint density at radius 2 is 1.96 bits per heavy atom. The van der Waals surface area contributed by atoms with Gasteiger partial charge in [-0.25, -0.2) is 0 Å². The van der Waals surface area contributed by atoms with Gasteiger partial charge < -0.3 is 20.5 Å². The number of para-hydroxylation sites is 2. The molecule has 3 N–H and O–H groups in total. The lowest BCUT2D eigenvalue weighted by Gasteiger charge is -2.23. The minimum Gasteiger partial charge on any atom is -0.489 e. The van der Waals surface area contributed by atoms with Crippen LogP contribution < -0.4 is 15.8 Å². The van der Waals surface area contributed by atoms with Gasteiger partial charge in [-0.1, -0.05) is 24.3 Å². The fourth-order valence-corrected chi connectivity index (χ4v) is 2.83. The van der Waals surface area contributed by atoms with E-state index in [4.69, 9.17) is 15.2 Å². The number of nitrogens with two attached hydrogens (primary N) is 1. The van der Waals surface area contributed by atoms with E-state index >= 15 is 0 Å². The number of hydrogen-bond acceptors (Lipinski definition) is 4.